The summed E-state index contributed by atoms with van der Waals surface area (Å²) in [5.41, 5.74) is 5.88. The lowest BCUT2D eigenvalue weighted by atomic mass is 9.78. The van der Waals surface area contributed by atoms with Gasteiger partial charge in [-0.25, -0.2) is 0 Å². The lowest BCUT2D eigenvalue weighted by molar-refractivity contribution is -0.0294. The summed E-state index contributed by atoms with van der Waals surface area (Å²) in [6.07, 6.45) is 37.5. The minimum absolute atomic E-state index is 0.0552. The minimum atomic E-state index is -0.803. The Labute approximate surface area is 258 Å². The van der Waals surface area contributed by atoms with E-state index < -0.39 is 11.2 Å². The normalized spacial score (nSPS) is 24.0. The molecule has 0 spiro atoms. The van der Waals surface area contributed by atoms with E-state index in [9.17, 15) is 10.2 Å². The van der Waals surface area contributed by atoms with E-state index in [0.29, 0.717) is 6.42 Å². The maximum absolute atomic E-state index is 10.8. The van der Waals surface area contributed by atoms with Gasteiger partial charge >= 0.3 is 0 Å². The standard InChI is InChI=1S/C40H58O2/c1-31(2)17-13-20-34(5)23-15-25-35(6)24-14-21-32(3)18-11-12-19-33(4)22-16-26-36(7)27-28-38-37(39(8,9)41)29-30-40(38,10)42/h11-12,14-19,21-28,37-38,41-42H,13,20,29-30H2,1-10H3/b12-11+,21-14+,22-16+,25-15+,28-27+,32-18+,33-19+,34-23+,35-24+,36-26+/t37-,38+,40-/m1/s1. The quantitative estimate of drug-likeness (QED) is 0.161. The molecular formula is C40H58O2. The van der Waals surface area contributed by atoms with Crippen molar-refractivity contribution in [2.75, 3.05) is 0 Å². The van der Waals surface area contributed by atoms with Crippen molar-refractivity contribution in [3.8, 4) is 0 Å². The number of hydrogen-bond acceptors (Lipinski definition) is 2. The first-order chi connectivity index (χ1) is 19.6. The Balaban J connectivity index is 2.61. The van der Waals surface area contributed by atoms with E-state index in [2.05, 4.69) is 140 Å². The Hall–Kier alpha value is -2.94. The maximum Gasteiger partial charge on any atom is 0.0686 e. The highest BCUT2D eigenvalue weighted by Crippen LogP contribution is 2.46. The zero-order chi connectivity index (χ0) is 31.8. The van der Waals surface area contributed by atoms with Crippen LogP contribution in [0.1, 0.15) is 94.9 Å². The van der Waals surface area contributed by atoms with Crippen LogP contribution in [0.3, 0.4) is 0 Å². The largest absolute Gasteiger partial charge is 0.390 e. The van der Waals surface area contributed by atoms with Crippen LogP contribution in [0.4, 0.5) is 0 Å². The topological polar surface area (TPSA) is 40.5 Å². The molecule has 0 aromatic heterocycles. The number of rotatable bonds is 14. The van der Waals surface area contributed by atoms with Crippen molar-refractivity contribution >= 4 is 0 Å². The summed E-state index contributed by atoms with van der Waals surface area (Å²) < 4.78 is 0. The second-order valence-corrected chi connectivity index (χ2v) is 13.0. The number of allylic oxidation sites excluding steroid dienone is 21. The Morgan fingerprint density at radius 1 is 0.714 bits per heavy atom. The van der Waals surface area contributed by atoms with Gasteiger partial charge in [0.25, 0.3) is 0 Å². The molecule has 42 heavy (non-hydrogen) atoms. The van der Waals surface area contributed by atoms with Crippen LogP contribution in [0.2, 0.25) is 0 Å². The molecule has 2 heteroatoms. The molecule has 230 valence electrons. The third-order valence-electron chi connectivity index (χ3n) is 7.68. The van der Waals surface area contributed by atoms with Crippen LogP contribution in [0.25, 0.3) is 0 Å². The van der Waals surface area contributed by atoms with E-state index in [1.165, 1.54) is 22.3 Å². The lowest BCUT2D eigenvalue weighted by Gasteiger charge is -2.33. The van der Waals surface area contributed by atoms with Crippen molar-refractivity contribution in [2.45, 2.75) is 106 Å². The summed E-state index contributed by atoms with van der Waals surface area (Å²) in [5, 5.41) is 21.3. The van der Waals surface area contributed by atoms with E-state index in [0.717, 1.165) is 30.4 Å². The molecule has 3 atom stereocenters. The van der Waals surface area contributed by atoms with Crippen LogP contribution in [0, 0.1) is 11.8 Å². The number of hydrogen-bond donors (Lipinski definition) is 2. The average Bonchev–Trinajstić information content (AvgIpc) is 3.19. The molecular weight excluding hydrogens is 512 g/mol. The second kappa shape index (κ2) is 18.6. The monoisotopic (exact) mass is 570 g/mol. The molecule has 0 saturated heterocycles. The SMILES string of the molecule is CC(C)=CCC/C(C)=C/C=C/C(C)=C/C=C/C(C)=C/C=C/C=C(C)/C=C/C=C(C)/C=C/[C@H]1[C@H](C(C)(C)O)CC[C@@]1(C)O. The van der Waals surface area contributed by atoms with Gasteiger partial charge in [0.15, 0.2) is 0 Å². The molecule has 1 saturated carbocycles. The molecule has 1 rings (SSSR count). The van der Waals surface area contributed by atoms with E-state index >= 15 is 0 Å². The summed E-state index contributed by atoms with van der Waals surface area (Å²) >= 11 is 0. The van der Waals surface area contributed by atoms with Crippen molar-refractivity contribution in [1.82, 2.24) is 0 Å². The fourth-order valence-corrected chi connectivity index (χ4v) is 4.99. The number of aliphatic hydroxyl groups is 2. The van der Waals surface area contributed by atoms with Gasteiger partial charge in [-0.15, -0.1) is 0 Å². The van der Waals surface area contributed by atoms with Crippen LogP contribution in [0.5, 0.6) is 0 Å². The van der Waals surface area contributed by atoms with Crippen LogP contribution in [-0.4, -0.2) is 21.4 Å². The van der Waals surface area contributed by atoms with Gasteiger partial charge in [0.2, 0.25) is 0 Å². The van der Waals surface area contributed by atoms with Gasteiger partial charge in [-0.1, -0.05) is 131 Å². The first kappa shape index (κ1) is 37.1. The van der Waals surface area contributed by atoms with Gasteiger partial charge in [0.1, 0.15) is 0 Å². The van der Waals surface area contributed by atoms with Gasteiger partial charge in [0, 0.05) is 5.92 Å². The predicted molar refractivity (Wildman–Crippen MR) is 186 cm³/mol. The van der Waals surface area contributed by atoms with Crippen molar-refractivity contribution in [3.63, 3.8) is 0 Å². The summed E-state index contributed by atoms with van der Waals surface area (Å²) in [6, 6.07) is 0. The Morgan fingerprint density at radius 3 is 1.64 bits per heavy atom. The molecule has 1 fully saturated rings. The predicted octanol–water partition coefficient (Wildman–Crippen LogP) is 10.8. The highest BCUT2D eigenvalue weighted by Gasteiger charge is 2.47. The van der Waals surface area contributed by atoms with E-state index in [1.807, 2.05) is 26.8 Å². The minimum Gasteiger partial charge on any atom is -0.390 e. The fourth-order valence-electron chi connectivity index (χ4n) is 4.99. The van der Waals surface area contributed by atoms with Gasteiger partial charge in [-0.3, -0.25) is 0 Å². The Morgan fingerprint density at radius 2 is 1.17 bits per heavy atom. The van der Waals surface area contributed by atoms with Crippen molar-refractivity contribution < 1.29 is 10.2 Å². The smallest absolute Gasteiger partial charge is 0.0686 e. The van der Waals surface area contributed by atoms with Crippen LogP contribution in [-0.2, 0) is 0 Å². The van der Waals surface area contributed by atoms with Crippen molar-refractivity contribution in [2.24, 2.45) is 11.8 Å². The zero-order valence-corrected chi connectivity index (χ0v) is 28.1. The van der Waals surface area contributed by atoms with Crippen molar-refractivity contribution in [3.05, 3.63) is 131 Å². The lowest BCUT2D eigenvalue weighted by Crippen LogP contribution is -2.39. The molecule has 0 unspecified atom stereocenters. The third-order valence-corrected chi connectivity index (χ3v) is 7.68. The zero-order valence-electron chi connectivity index (χ0n) is 28.1. The van der Waals surface area contributed by atoms with Crippen LogP contribution in [0.15, 0.2) is 131 Å². The van der Waals surface area contributed by atoms with Crippen LogP contribution >= 0.6 is 0 Å². The fraction of sp³-hybridized carbons (Fsp3) is 0.450. The van der Waals surface area contributed by atoms with Gasteiger partial charge in [0.05, 0.1) is 11.2 Å². The summed E-state index contributed by atoms with van der Waals surface area (Å²) in [7, 11) is 0. The van der Waals surface area contributed by atoms with Crippen LogP contribution < -0.4 is 0 Å². The van der Waals surface area contributed by atoms with Gasteiger partial charge in [-0.05, 0) is 101 Å². The molecule has 2 N–H and O–H groups in total. The first-order valence-corrected chi connectivity index (χ1v) is 15.4. The third kappa shape index (κ3) is 15.9. The molecule has 1 aliphatic rings. The molecule has 0 amide bonds. The first-order valence-electron chi connectivity index (χ1n) is 15.4. The van der Waals surface area contributed by atoms with Gasteiger partial charge < -0.3 is 10.2 Å². The Bertz CT molecular complexity index is 1190. The molecule has 0 bridgehead atoms. The molecule has 0 radical (unpaired) electrons. The maximum atomic E-state index is 10.8. The average molecular weight is 571 g/mol. The Kier molecular flexibility index (Phi) is 16.4. The summed E-state index contributed by atoms with van der Waals surface area (Å²) in [5.74, 6) is -0.00110. The molecule has 0 heterocycles. The highest BCUT2D eigenvalue weighted by atomic mass is 16.3. The summed E-state index contributed by atoms with van der Waals surface area (Å²) in [6.45, 7) is 20.4. The molecule has 1 aliphatic carbocycles. The van der Waals surface area contributed by atoms with E-state index in [4.69, 9.17) is 0 Å². The summed E-state index contributed by atoms with van der Waals surface area (Å²) in [4.78, 5) is 0. The highest BCUT2D eigenvalue weighted by molar-refractivity contribution is 5.32. The van der Waals surface area contributed by atoms with E-state index in [1.54, 1.807) is 0 Å². The van der Waals surface area contributed by atoms with E-state index in [-0.39, 0.29) is 11.8 Å². The molecule has 2 nitrogen and oxygen atoms in total. The van der Waals surface area contributed by atoms with Gasteiger partial charge in [-0.2, -0.15) is 0 Å². The molecule has 0 aliphatic heterocycles. The van der Waals surface area contributed by atoms with Crippen molar-refractivity contribution in [1.29, 1.82) is 0 Å². The second-order valence-electron chi connectivity index (χ2n) is 13.0. The molecule has 0 aromatic carbocycles. The molecule has 0 aromatic rings.